The molecule has 2 aromatic carbocycles. The van der Waals surface area contributed by atoms with E-state index in [4.69, 9.17) is 4.74 Å². The van der Waals surface area contributed by atoms with Gasteiger partial charge in [0.2, 0.25) is 0 Å². The van der Waals surface area contributed by atoms with Crippen LogP contribution in [0, 0.1) is 6.92 Å². The Balaban J connectivity index is 2.03. The van der Waals surface area contributed by atoms with E-state index in [0.717, 1.165) is 17.9 Å². The molecule has 1 amide bonds. The summed E-state index contributed by atoms with van der Waals surface area (Å²) < 4.78 is 5.68. The van der Waals surface area contributed by atoms with E-state index in [1.807, 2.05) is 24.3 Å². The summed E-state index contributed by atoms with van der Waals surface area (Å²) in [4.78, 5) is 14.6. The predicted molar refractivity (Wildman–Crippen MR) is 81.1 cm³/mol. The smallest absolute Gasteiger partial charge is 0.258 e. The van der Waals surface area contributed by atoms with Crippen molar-refractivity contribution in [2.45, 2.75) is 13.3 Å². The molecule has 0 spiro atoms. The van der Waals surface area contributed by atoms with Crippen LogP contribution in [0.4, 0.5) is 5.69 Å². The molecule has 2 aromatic rings. The molecule has 0 saturated carbocycles. The lowest BCUT2D eigenvalue weighted by atomic mass is 10.1. The van der Waals surface area contributed by atoms with Gasteiger partial charge in [-0.2, -0.15) is 0 Å². The Morgan fingerprint density at radius 1 is 1.19 bits per heavy atom. The molecule has 21 heavy (non-hydrogen) atoms. The first-order valence-electron chi connectivity index (χ1n) is 7.01. The molecule has 0 aliphatic carbocycles. The fourth-order valence-corrected chi connectivity index (χ4v) is 2.54. The van der Waals surface area contributed by atoms with Gasteiger partial charge in [0, 0.05) is 17.7 Å². The van der Waals surface area contributed by atoms with Crippen molar-refractivity contribution in [3.05, 3.63) is 53.6 Å². The lowest BCUT2D eigenvalue weighted by Crippen LogP contribution is -2.32. The van der Waals surface area contributed by atoms with Crippen molar-refractivity contribution in [1.82, 2.24) is 0 Å². The molecule has 4 nitrogen and oxygen atoms in total. The number of hydrogen-bond acceptors (Lipinski definition) is 3. The number of fused-ring (bicyclic) bond motifs is 1. The average molecular weight is 283 g/mol. The van der Waals surface area contributed by atoms with Crippen molar-refractivity contribution in [2.75, 3.05) is 18.1 Å². The SMILES string of the molecule is Cc1c(O)cccc1C(=O)N1CCCOc2ccccc21. The van der Waals surface area contributed by atoms with E-state index in [2.05, 4.69) is 0 Å². The summed E-state index contributed by atoms with van der Waals surface area (Å²) in [5.74, 6) is 0.753. The monoisotopic (exact) mass is 283 g/mol. The number of phenols is 1. The van der Waals surface area contributed by atoms with E-state index in [1.165, 1.54) is 0 Å². The Bertz CT molecular complexity index is 681. The molecule has 0 aromatic heterocycles. The molecular formula is C17H17NO3. The maximum Gasteiger partial charge on any atom is 0.258 e. The molecule has 0 radical (unpaired) electrons. The van der Waals surface area contributed by atoms with Crippen molar-refractivity contribution in [1.29, 1.82) is 0 Å². The molecule has 0 unspecified atom stereocenters. The zero-order chi connectivity index (χ0) is 14.8. The molecule has 1 aliphatic heterocycles. The van der Waals surface area contributed by atoms with Crippen LogP contribution in [0.1, 0.15) is 22.3 Å². The van der Waals surface area contributed by atoms with Crippen LogP contribution in [0.3, 0.4) is 0 Å². The second-order valence-electron chi connectivity index (χ2n) is 5.08. The van der Waals surface area contributed by atoms with Crippen LogP contribution >= 0.6 is 0 Å². The molecule has 0 fully saturated rings. The third-order valence-corrected chi connectivity index (χ3v) is 3.72. The number of aromatic hydroxyl groups is 1. The second kappa shape index (κ2) is 5.48. The topological polar surface area (TPSA) is 49.8 Å². The van der Waals surface area contributed by atoms with Gasteiger partial charge in [0.05, 0.1) is 12.3 Å². The van der Waals surface area contributed by atoms with Crippen molar-refractivity contribution in [3.63, 3.8) is 0 Å². The van der Waals surface area contributed by atoms with E-state index in [9.17, 15) is 9.90 Å². The van der Waals surface area contributed by atoms with E-state index in [-0.39, 0.29) is 11.7 Å². The van der Waals surface area contributed by atoms with Crippen molar-refractivity contribution in [3.8, 4) is 11.5 Å². The highest BCUT2D eigenvalue weighted by molar-refractivity contribution is 6.08. The van der Waals surface area contributed by atoms with E-state index < -0.39 is 0 Å². The fourth-order valence-electron chi connectivity index (χ4n) is 2.54. The average Bonchev–Trinajstić information content (AvgIpc) is 2.72. The molecule has 0 bridgehead atoms. The Kier molecular flexibility index (Phi) is 3.52. The standard InChI is InChI=1S/C17H17NO3/c1-12-13(6-4-8-15(12)19)17(20)18-10-5-11-21-16-9-3-2-7-14(16)18/h2-4,6-9,19H,5,10-11H2,1H3. The van der Waals surface area contributed by atoms with Gasteiger partial charge in [-0.3, -0.25) is 4.79 Å². The summed E-state index contributed by atoms with van der Waals surface area (Å²) in [5, 5.41) is 9.80. The minimum Gasteiger partial charge on any atom is -0.508 e. The summed E-state index contributed by atoms with van der Waals surface area (Å²) in [6.07, 6.45) is 0.776. The van der Waals surface area contributed by atoms with Crippen molar-refractivity contribution in [2.24, 2.45) is 0 Å². The third kappa shape index (κ3) is 2.44. The van der Waals surface area contributed by atoms with Gasteiger partial charge in [-0.05, 0) is 37.6 Å². The number of carbonyl (C=O) groups is 1. The summed E-state index contributed by atoms with van der Waals surface area (Å²) >= 11 is 0. The highest BCUT2D eigenvalue weighted by atomic mass is 16.5. The number of benzene rings is 2. The molecule has 1 aliphatic rings. The molecular weight excluding hydrogens is 266 g/mol. The highest BCUT2D eigenvalue weighted by Gasteiger charge is 2.24. The predicted octanol–water partition coefficient (Wildman–Crippen LogP) is 3.13. The first-order valence-corrected chi connectivity index (χ1v) is 7.01. The van der Waals surface area contributed by atoms with Gasteiger partial charge in [-0.1, -0.05) is 18.2 Å². The molecule has 1 heterocycles. The van der Waals surface area contributed by atoms with E-state index >= 15 is 0 Å². The van der Waals surface area contributed by atoms with Crippen LogP contribution in [0.25, 0.3) is 0 Å². The molecule has 3 rings (SSSR count). The van der Waals surface area contributed by atoms with Gasteiger partial charge in [0.15, 0.2) is 0 Å². The lowest BCUT2D eigenvalue weighted by Gasteiger charge is -2.22. The first-order chi connectivity index (χ1) is 10.2. The number of para-hydroxylation sites is 2. The summed E-state index contributed by atoms with van der Waals surface area (Å²) in [5.41, 5.74) is 1.90. The van der Waals surface area contributed by atoms with E-state index in [1.54, 1.807) is 30.0 Å². The fraction of sp³-hybridized carbons (Fsp3) is 0.235. The molecule has 0 atom stereocenters. The van der Waals surface area contributed by atoms with Gasteiger partial charge < -0.3 is 14.7 Å². The van der Waals surface area contributed by atoms with Crippen LogP contribution in [-0.2, 0) is 0 Å². The Labute approximate surface area is 123 Å². The highest BCUT2D eigenvalue weighted by Crippen LogP contribution is 2.32. The van der Waals surface area contributed by atoms with Gasteiger partial charge in [0.1, 0.15) is 11.5 Å². The van der Waals surface area contributed by atoms with Crippen molar-refractivity contribution < 1.29 is 14.6 Å². The Hall–Kier alpha value is -2.49. The number of anilines is 1. The number of amides is 1. The molecule has 108 valence electrons. The van der Waals surface area contributed by atoms with Crippen LogP contribution in [0.5, 0.6) is 11.5 Å². The lowest BCUT2D eigenvalue weighted by molar-refractivity contribution is 0.0986. The quantitative estimate of drug-likeness (QED) is 0.874. The minimum absolute atomic E-state index is 0.110. The second-order valence-corrected chi connectivity index (χ2v) is 5.08. The number of rotatable bonds is 1. The van der Waals surface area contributed by atoms with E-state index in [0.29, 0.717) is 24.3 Å². The van der Waals surface area contributed by atoms with Crippen LogP contribution in [0.15, 0.2) is 42.5 Å². The number of ether oxygens (including phenoxy) is 1. The third-order valence-electron chi connectivity index (χ3n) is 3.72. The zero-order valence-corrected chi connectivity index (χ0v) is 11.9. The minimum atomic E-state index is -0.110. The van der Waals surface area contributed by atoms with Crippen LogP contribution in [0.2, 0.25) is 0 Å². The number of hydrogen-bond donors (Lipinski definition) is 1. The zero-order valence-electron chi connectivity index (χ0n) is 11.9. The van der Waals surface area contributed by atoms with Gasteiger partial charge >= 0.3 is 0 Å². The maximum absolute atomic E-state index is 12.8. The van der Waals surface area contributed by atoms with Gasteiger partial charge in [0.25, 0.3) is 5.91 Å². The summed E-state index contributed by atoms with van der Waals surface area (Å²) in [6.45, 7) is 2.95. The first kappa shape index (κ1) is 13.5. The molecule has 0 saturated heterocycles. The number of carbonyl (C=O) groups excluding carboxylic acids is 1. The maximum atomic E-state index is 12.8. The molecule has 4 heteroatoms. The number of phenolic OH excluding ortho intramolecular Hbond substituents is 1. The van der Waals surface area contributed by atoms with Crippen LogP contribution in [-0.4, -0.2) is 24.2 Å². The van der Waals surface area contributed by atoms with Gasteiger partial charge in [-0.25, -0.2) is 0 Å². The normalized spacial score (nSPS) is 14.0. The van der Waals surface area contributed by atoms with Crippen LogP contribution < -0.4 is 9.64 Å². The van der Waals surface area contributed by atoms with Crippen molar-refractivity contribution >= 4 is 11.6 Å². The largest absolute Gasteiger partial charge is 0.508 e. The molecule has 1 N–H and O–H groups in total. The Morgan fingerprint density at radius 3 is 2.86 bits per heavy atom. The summed E-state index contributed by atoms with van der Waals surface area (Å²) in [7, 11) is 0. The Morgan fingerprint density at radius 2 is 2.00 bits per heavy atom. The van der Waals surface area contributed by atoms with Gasteiger partial charge in [-0.15, -0.1) is 0 Å². The number of nitrogens with zero attached hydrogens (tertiary/aromatic N) is 1. The summed E-state index contributed by atoms with van der Waals surface area (Å²) in [6, 6.07) is 12.6.